The largest absolute Gasteiger partial charge is 0.375 e. The summed E-state index contributed by atoms with van der Waals surface area (Å²) in [7, 11) is 0. The van der Waals surface area contributed by atoms with Crippen molar-refractivity contribution in [3.05, 3.63) is 52.4 Å². The molecule has 8 heteroatoms. The number of nitro benzene ring substituents is 1. The first-order valence-electron chi connectivity index (χ1n) is 5.07. The van der Waals surface area contributed by atoms with Gasteiger partial charge in [-0.05, 0) is 44.6 Å². The minimum atomic E-state index is -0.520. The zero-order valence-electron chi connectivity index (χ0n) is 9.32. The standard InChI is InChI=1S/C11H7BrFIN2O2S/c12-6-1-7(19-5-6)4-15-10-2-8(13)9(14)3-11(10)16(17)18/h1-3,5,15H,4H2. The Balaban J connectivity index is 2.23. The molecule has 19 heavy (non-hydrogen) atoms. The summed E-state index contributed by atoms with van der Waals surface area (Å²) in [6.45, 7) is 0.414. The molecule has 0 aliphatic heterocycles. The average molecular weight is 457 g/mol. The second-order valence-electron chi connectivity index (χ2n) is 3.63. The van der Waals surface area contributed by atoms with Crippen molar-refractivity contribution in [3.63, 3.8) is 0 Å². The van der Waals surface area contributed by atoms with E-state index < -0.39 is 10.7 Å². The van der Waals surface area contributed by atoms with Gasteiger partial charge in [0.2, 0.25) is 0 Å². The first-order valence-corrected chi connectivity index (χ1v) is 7.82. The molecule has 0 radical (unpaired) electrons. The molecule has 0 aliphatic rings. The predicted molar refractivity (Wildman–Crippen MR) is 85.1 cm³/mol. The van der Waals surface area contributed by atoms with Gasteiger partial charge < -0.3 is 5.32 Å². The van der Waals surface area contributed by atoms with Gasteiger partial charge in [0.05, 0.1) is 8.49 Å². The highest BCUT2D eigenvalue weighted by Crippen LogP contribution is 2.29. The lowest BCUT2D eigenvalue weighted by Gasteiger charge is -2.07. The number of hydrogen-bond donors (Lipinski definition) is 1. The Labute approximate surface area is 134 Å². The van der Waals surface area contributed by atoms with Gasteiger partial charge in [0, 0.05) is 33.4 Å². The minimum Gasteiger partial charge on any atom is -0.375 e. The van der Waals surface area contributed by atoms with Crippen molar-refractivity contribution >= 4 is 61.2 Å². The van der Waals surface area contributed by atoms with Crippen molar-refractivity contribution in [2.45, 2.75) is 6.54 Å². The molecule has 0 bridgehead atoms. The summed E-state index contributed by atoms with van der Waals surface area (Å²) < 4.78 is 14.7. The lowest BCUT2D eigenvalue weighted by atomic mass is 10.2. The topological polar surface area (TPSA) is 55.2 Å². The molecule has 1 heterocycles. The number of halogens is 3. The molecule has 0 unspecified atom stereocenters. The number of hydrogen-bond acceptors (Lipinski definition) is 4. The van der Waals surface area contributed by atoms with Crippen LogP contribution in [-0.2, 0) is 6.54 Å². The van der Waals surface area contributed by atoms with E-state index in [0.29, 0.717) is 6.54 Å². The number of benzene rings is 1. The molecule has 0 aliphatic carbocycles. The van der Waals surface area contributed by atoms with E-state index in [2.05, 4.69) is 21.2 Å². The Hall–Kier alpha value is -0.740. The van der Waals surface area contributed by atoms with E-state index in [1.807, 2.05) is 11.4 Å². The number of thiophene rings is 1. The first kappa shape index (κ1) is 14.7. The van der Waals surface area contributed by atoms with Gasteiger partial charge in [-0.15, -0.1) is 11.3 Å². The number of anilines is 1. The van der Waals surface area contributed by atoms with Gasteiger partial charge in [-0.3, -0.25) is 10.1 Å². The van der Waals surface area contributed by atoms with Crippen LogP contribution in [0.5, 0.6) is 0 Å². The number of nitro groups is 1. The van der Waals surface area contributed by atoms with Gasteiger partial charge in [0.15, 0.2) is 0 Å². The van der Waals surface area contributed by atoms with Crippen LogP contribution < -0.4 is 5.32 Å². The fraction of sp³-hybridized carbons (Fsp3) is 0.0909. The molecule has 2 rings (SSSR count). The van der Waals surface area contributed by atoms with E-state index in [9.17, 15) is 14.5 Å². The van der Waals surface area contributed by atoms with Crippen molar-refractivity contribution in [3.8, 4) is 0 Å². The van der Waals surface area contributed by atoms with Crippen molar-refractivity contribution in [2.75, 3.05) is 5.32 Å². The first-order chi connectivity index (χ1) is 8.97. The van der Waals surface area contributed by atoms with E-state index in [1.54, 1.807) is 22.6 Å². The van der Waals surface area contributed by atoms with Crippen LogP contribution in [0.3, 0.4) is 0 Å². The van der Waals surface area contributed by atoms with Gasteiger partial charge >= 0.3 is 0 Å². The van der Waals surface area contributed by atoms with Crippen molar-refractivity contribution < 1.29 is 9.31 Å². The van der Waals surface area contributed by atoms with Crippen LogP contribution in [0.25, 0.3) is 0 Å². The molecule has 0 fully saturated rings. The van der Waals surface area contributed by atoms with E-state index in [-0.39, 0.29) is 14.9 Å². The molecule has 0 atom stereocenters. The van der Waals surface area contributed by atoms with Gasteiger partial charge in [-0.25, -0.2) is 4.39 Å². The van der Waals surface area contributed by atoms with Crippen LogP contribution in [0.2, 0.25) is 0 Å². The molecule has 100 valence electrons. The van der Waals surface area contributed by atoms with Crippen LogP contribution in [0.1, 0.15) is 4.88 Å². The maximum absolute atomic E-state index is 13.5. The highest BCUT2D eigenvalue weighted by molar-refractivity contribution is 14.1. The Kier molecular flexibility index (Phi) is 4.74. The summed E-state index contributed by atoms with van der Waals surface area (Å²) in [4.78, 5) is 11.4. The lowest BCUT2D eigenvalue weighted by molar-refractivity contribution is -0.384. The quantitative estimate of drug-likeness (QED) is 0.409. The summed E-state index contributed by atoms with van der Waals surface area (Å²) in [6, 6.07) is 4.29. The molecule has 4 nitrogen and oxygen atoms in total. The van der Waals surface area contributed by atoms with E-state index in [0.717, 1.165) is 15.4 Å². The third kappa shape index (κ3) is 3.63. The monoisotopic (exact) mass is 456 g/mol. The van der Waals surface area contributed by atoms with Gasteiger partial charge in [0.1, 0.15) is 11.5 Å². The summed E-state index contributed by atoms with van der Waals surface area (Å²) in [5.41, 5.74) is 0.0638. The van der Waals surface area contributed by atoms with Crippen LogP contribution in [0.15, 0.2) is 28.1 Å². The Bertz CT molecular complexity index is 635. The zero-order chi connectivity index (χ0) is 14.0. The third-order valence-corrected chi connectivity index (χ3v) is 4.83. The Morgan fingerprint density at radius 2 is 2.21 bits per heavy atom. The fourth-order valence-electron chi connectivity index (χ4n) is 1.46. The molecule has 2 aromatic rings. The fourth-order valence-corrected chi connectivity index (χ4v) is 3.30. The average Bonchev–Trinajstić information content (AvgIpc) is 2.76. The molecular weight excluding hydrogens is 450 g/mol. The summed E-state index contributed by atoms with van der Waals surface area (Å²) in [6.07, 6.45) is 0. The minimum absolute atomic E-state index is 0.124. The molecule has 1 aromatic heterocycles. The van der Waals surface area contributed by atoms with Crippen LogP contribution in [0, 0.1) is 19.5 Å². The molecule has 0 saturated carbocycles. The van der Waals surface area contributed by atoms with Gasteiger partial charge in [-0.2, -0.15) is 0 Å². The predicted octanol–water partition coefficient (Wildman–Crippen LogP) is 4.77. The highest BCUT2D eigenvalue weighted by atomic mass is 127. The van der Waals surface area contributed by atoms with Gasteiger partial charge in [0.25, 0.3) is 5.69 Å². The molecule has 0 amide bonds. The smallest absolute Gasteiger partial charge is 0.293 e. The third-order valence-electron chi connectivity index (χ3n) is 2.31. The summed E-state index contributed by atoms with van der Waals surface area (Å²) in [5.74, 6) is -0.471. The number of rotatable bonds is 4. The van der Waals surface area contributed by atoms with Crippen LogP contribution in [0.4, 0.5) is 15.8 Å². The second-order valence-corrected chi connectivity index (χ2v) is 6.70. The van der Waals surface area contributed by atoms with Crippen molar-refractivity contribution in [1.29, 1.82) is 0 Å². The normalized spacial score (nSPS) is 10.5. The molecule has 1 aromatic carbocycles. The van der Waals surface area contributed by atoms with E-state index in [4.69, 9.17) is 0 Å². The summed E-state index contributed by atoms with van der Waals surface area (Å²) in [5, 5.41) is 15.7. The maximum Gasteiger partial charge on any atom is 0.293 e. The molecular formula is C11H7BrFIN2O2S. The summed E-state index contributed by atoms with van der Waals surface area (Å²) >= 11 is 6.58. The molecule has 1 N–H and O–H groups in total. The van der Waals surface area contributed by atoms with Crippen molar-refractivity contribution in [1.82, 2.24) is 0 Å². The van der Waals surface area contributed by atoms with E-state index >= 15 is 0 Å². The number of nitrogens with one attached hydrogen (secondary N) is 1. The molecule has 0 spiro atoms. The second kappa shape index (κ2) is 6.14. The van der Waals surface area contributed by atoms with Crippen LogP contribution >= 0.6 is 49.9 Å². The van der Waals surface area contributed by atoms with Gasteiger partial charge in [-0.1, -0.05) is 0 Å². The van der Waals surface area contributed by atoms with Crippen molar-refractivity contribution in [2.24, 2.45) is 0 Å². The Morgan fingerprint density at radius 1 is 1.47 bits per heavy atom. The Morgan fingerprint density at radius 3 is 2.79 bits per heavy atom. The molecule has 0 saturated heterocycles. The SMILES string of the molecule is O=[N+]([O-])c1cc(I)c(F)cc1NCc1cc(Br)cs1. The highest BCUT2D eigenvalue weighted by Gasteiger charge is 2.17. The van der Waals surface area contributed by atoms with Crippen LogP contribution in [-0.4, -0.2) is 4.92 Å². The zero-order valence-corrected chi connectivity index (χ0v) is 13.9. The van der Waals surface area contributed by atoms with E-state index in [1.165, 1.54) is 17.4 Å². The maximum atomic E-state index is 13.5. The lowest BCUT2D eigenvalue weighted by Crippen LogP contribution is -2.03. The number of nitrogens with zero attached hydrogens (tertiary/aromatic N) is 1.